The van der Waals surface area contributed by atoms with Gasteiger partial charge in [-0.05, 0) is 89.0 Å². The van der Waals surface area contributed by atoms with Gasteiger partial charge in [-0.25, -0.2) is 0 Å². The number of rotatable bonds is 7. The lowest BCUT2D eigenvalue weighted by molar-refractivity contribution is 0.669. The first-order chi connectivity index (χ1) is 28.3. The molecule has 11 aromatic rings. The van der Waals surface area contributed by atoms with E-state index in [0.717, 1.165) is 78.1 Å². The number of benzene rings is 9. The second kappa shape index (κ2) is 13.6. The van der Waals surface area contributed by atoms with Gasteiger partial charge >= 0.3 is 0 Å². The maximum absolute atomic E-state index is 6.38. The summed E-state index contributed by atoms with van der Waals surface area (Å²) in [6, 6.07) is 78.1. The summed E-state index contributed by atoms with van der Waals surface area (Å²) in [5, 5.41) is 4.77. The highest BCUT2D eigenvalue weighted by Gasteiger charge is 2.21. The van der Waals surface area contributed by atoms with Crippen LogP contribution in [0.2, 0.25) is 0 Å². The molecule has 0 N–H and O–H groups in total. The predicted octanol–water partition coefficient (Wildman–Crippen LogP) is 15.2. The summed E-state index contributed by atoms with van der Waals surface area (Å²) in [7, 11) is 0. The molecule has 0 saturated carbocycles. The van der Waals surface area contributed by atoms with Crippen LogP contribution in [0, 0.1) is 0 Å². The zero-order chi connectivity index (χ0) is 37.7. The minimum absolute atomic E-state index is 0.882. The minimum Gasteiger partial charge on any atom is -0.456 e. The number of anilines is 3. The van der Waals surface area contributed by atoms with E-state index >= 15 is 0 Å². The van der Waals surface area contributed by atoms with E-state index in [2.05, 4.69) is 216 Å². The van der Waals surface area contributed by atoms with Crippen molar-refractivity contribution in [3.63, 3.8) is 0 Å². The van der Waals surface area contributed by atoms with Crippen molar-refractivity contribution in [1.29, 1.82) is 0 Å². The maximum atomic E-state index is 6.38. The van der Waals surface area contributed by atoms with Crippen molar-refractivity contribution in [3.05, 3.63) is 218 Å². The summed E-state index contributed by atoms with van der Waals surface area (Å²) in [6.07, 6.45) is 0. The molecule has 0 atom stereocenters. The van der Waals surface area contributed by atoms with Crippen molar-refractivity contribution in [2.45, 2.75) is 0 Å². The molecule has 0 aliphatic carbocycles. The Morgan fingerprint density at radius 3 is 1.60 bits per heavy atom. The first-order valence-corrected chi connectivity index (χ1v) is 19.4. The lowest BCUT2D eigenvalue weighted by atomic mass is 9.97. The molecule has 0 bridgehead atoms. The van der Waals surface area contributed by atoms with Crippen LogP contribution in [0.5, 0.6) is 0 Å². The normalized spacial score (nSPS) is 11.5. The Labute approximate surface area is 330 Å². The van der Waals surface area contributed by atoms with Crippen LogP contribution in [0.25, 0.3) is 82.8 Å². The third kappa shape index (κ3) is 5.60. The van der Waals surface area contributed by atoms with E-state index in [1.54, 1.807) is 0 Å². The van der Waals surface area contributed by atoms with Gasteiger partial charge in [0.15, 0.2) is 0 Å². The molecule has 9 aromatic carbocycles. The highest BCUT2D eigenvalue weighted by molar-refractivity contribution is 6.09. The fourth-order valence-electron chi connectivity index (χ4n) is 8.57. The number of aromatic nitrogens is 1. The fourth-order valence-corrected chi connectivity index (χ4v) is 8.57. The van der Waals surface area contributed by atoms with Crippen LogP contribution in [0.15, 0.2) is 223 Å². The topological polar surface area (TPSA) is 21.3 Å². The lowest BCUT2D eigenvalue weighted by Crippen LogP contribution is -2.12. The number of fused-ring (bicyclic) bond motifs is 6. The van der Waals surface area contributed by atoms with Crippen LogP contribution in [0.1, 0.15) is 0 Å². The molecule has 11 rings (SSSR count). The Morgan fingerprint density at radius 2 is 0.877 bits per heavy atom. The van der Waals surface area contributed by atoms with Crippen LogP contribution in [-0.4, -0.2) is 4.57 Å². The Hall–Kier alpha value is -7.62. The molecule has 3 heteroatoms. The Balaban J connectivity index is 1.05. The van der Waals surface area contributed by atoms with Gasteiger partial charge in [0, 0.05) is 44.0 Å². The molecule has 2 aromatic heterocycles. The van der Waals surface area contributed by atoms with E-state index in [0.29, 0.717) is 0 Å². The Kier molecular flexibility index (Phi) is 7.82. The largest absolute Gasteiger partial charge is 0.456 e. The van der Waals surface area contributed by atoms with Crippen molar-refractivity contribution in [2.24, 2.45) is 0 Å². The van der Waals surface area contributed by atoms with E-state index in [1.807, 2.05) is 12.1 Å². The van der Waals surface area contributed by atoms with Crippen LogP contribution < -0.4 is 4.90 Å². The van der Waals surface area contributed by atoms with Gasteiger partial charge in [0.2, 0.25) is 0 Å². The van der Waals surface area contributed by atoms with Crippen LogP contribution in [0.3, 0.4) is 0 Å². The smallest absolute Gasteiger partial charge is 0.136 e. The number of para-hydroxylation sites is 5. The third-order valence-electron chi connectivity index (χ3n) is 11.2. The summed E-state index contributed by atoms with van der Waals surface area (Å²) in [4.78, 5) is 2.40. The van der Waals surface area contributed by atoms with Gasteiger partial charge in [-0.2, -0.15) is 0 Å². The van der Waals surface area contributed by atoms with Gasteiger partial charge in [0.25, 0.3) is 0 Å². The monoisotopic (exact) mass is 728 g/mol. The van der Waals surface area contributed by atoms with E-state index in [1.165, 1.54) is 21.8 Å². The second-order valence-corrected chi connectivity index (χ2v) is 14.5. The first-order valence-electron chi connectivity index (χ1n) is 19.4. The molecule has 57 heavy (non-hydrogen) atoms. The van der Waals surface area contributed by atoms with Crippen LogP contribution >= 0.6 is 0 Å². The van der Waals surface area contributed by atoms with Crippen molar-refractivity contribution >= 4 is 60.8 Å². The summed E-state index contributed by atoms with van der Waals surface area (Å²) < 4.78 is 8.75. The van der Waals surface area contributed by atoms with E-state index in [4.69, 9.17) is 4.42 Å². The maximum Gasteiger partial charge on any atom is 0.136 e. The molecule has 0 unspecified atom stereocenters. The van der Waals surface area contributed by atoms with Crippen molar-refractivity contribution in [2.75, 3.05) is 4.90 Å². The zero-order valence-electron chi connectivity index (χ0n) is 31.1. The van der Waals surface area contributed by atoms with Gasteiger partial charge in [-0.1, -0.05) is 152 Å². The average Bonchev–Trinajstić information content (AvgIpc) is 3.83. The number of furan rings is 1. The first kappa shape index (κ1) is 32.8. The van der Waals surface area contributed by atoms with E-state index < -0.39 is 0 Å². The molecule has 0 saturated heterocycles. The zero-order valence-corrected chi connectivity index (χ0v) is 31.1. The highest BCUT2D eigenvalue weighted by atomic mass is 16.3. The van der Waals surface area contributed by atoms with E-state index in [-0.39, 0.29) is 0 Å². The highest BCUT2D eigenvalue weighted by Crippen LogP contribution is 2.46. The molecule has 0 fully saturated rings. The molecule has 0 aliphatic rings. The Bertz CT molecular complexity index is 3190. The summed E-state index contributed by atoms with van der Waals surface area (Å²) in [5.41, 5.74) is 15.4. The SMILES string of the molecule is c1ccc(-c2ccccc2N(c2ccc(-c3cccc(-n4c5ccccc5c5ccccc54)c3)cc2)c2ccccc2-c2ccc3c(c2)oc2ccccc23)cc1. The number of nitrogens with zero attached hydrogens (tertiary/aromatic N) is 2. The van der Waals surface area contributed by atoms with Crippen LogP contribution in [0.4, 0.5) is 17.1 Å². The average molecular weight is 729 g/mol. The summed E-state index contributed by atoms with van der Waals surface area (Å²) >= 11 is 0. The molecule has 0 aliphatic heterocycles. The number of hydrogen-bond acceptors (Lipinski definition) is 2. The molecule has 0 amide bonds. The molecular formula is C54H36N2O. The molecule has 3 nitrogen and oxygen atoms in total. The van der Waals surface area contributed by atoms with Gasteiger partial charge in [-0.3, -0.25) is 0 Å². The standard InChI is InChI=1S/C54H36N2O/c1-2-15-38(16-3-1)43-19-4-9-24-49(43)55(50-25-10-5-20-44(50)40-31-34-48-47-23-8-13-28-53(47)57-54(48)36-40)41-32-29-37(30-33-41)39-17-14-18-42(35-39)56-51-26-11-6-21-45(51)46-22-7-12-27-52(46)56/h1-36H. The fraction of sp³-hybridized carbons (Fsp3) is 0. The van der Waals surface area contributed by atoms with Crippen molar-refractivity contribution in [1.82, 2.24) is 4.57 Å². The van der Waals surface area contributed by atoms with E-state index in [9.17, 15) is 0 Å². The van der Waals surface area contributed by atoms with Crippen molar-refractivity contribution < 1.29 is 4.42 Å². The van der Waals surface area contributed by atoms with Gasteiger partial charge in [0.05, 0.1) is 22.4 Å². The van der Waals surface area contributed by atoms with Crippen LogP contribution in [-0.2, 0) is 0 Å². The predicted molar refractivity (Wildman–Crippen MR) is 239 cm³/mol. The van der Waals surface area contributed by atoms with Gasteiger partial charge < -0.3 is 13.9 Å². The summed E-state index contributed by atoms with van der Waals surface area (Å²) in [6.45, 7) is 0. The Morgan fingerprint density at radius 1 is 0.333 bits per heavy atom. The lowest BCUT2D eigenvalue weighted by Gasteiger charge is -2.30. The molecule has 0 spiro atoms. The third-order valence-corrected chi connectivity index (χ3v) is 11.2. The van der Waals surface area contributed by atoms with Gasteiger partial charge in [-0.15, -0.1) is 0 Å². The summed E-state index contributed by atoms with van der Waals surface area (Å²) in [5.74, 6) is 0. The second-order valence-electron chi connectivity index (χ2n) is 14.5. The quantitative estimate of drug-likeness (QED) is 0.163. The molecular weight excluding hydrogens is 693 g/mol. The van der Waals surface area contributed by atoms with Gasteiger partial charge in [0.1, 0.15) is 11.2 Å². The molecule has 2 heterocycles. The number of hydrogen-bond donors (Lipinski definition) is 0. The molecule has 268 valence electrons. The molecule has 0 radical (unpaired) electrons. The minimum atomic E-state index is 0.882. The van der Waals surface area contributed by atoms with Crippen molar-refractivity contribution in [3.8, 4) is 39.1 Å².